The van der Waals surface area contributed by atoms with Gasteiger partial charge in [0.15, 0.2) is 0 Å². The first-order valence-corrected chi connectivity index (χ1v) is 29.3. The molecule has 1 saturated carbocycles. The number of hydrogen-bond acceptors (Lipinski definition) is 5. The molecule has 0 bridgehead atoms. The molecule has 2 atom stereocenters. The Morgan fingerprint density at radius 2 is 0.957 bits per heavy atom. The molecule has 2 aromatic heterocycles. The van der Waals surface area contributed by atoms with Crippen molar-refractivity contribution in [1.29, 1.82) is 0 Å². The molecule has 6 heterocycles. The minimum absolute atomic E-state index is 0.0195. The van der Waals surface area contributed by atoms with Crippen LogP contribution in [-0.4, -0.2) is 20.3 Å². The third kappa shape index (κ3) is 4.91. The van der Waals surface area contributed by atoms with Gasteiger partial charge in [-0.05, 0) is 114 Å². The molecule has 9 aromatic carbocycles. The molecule has 7 heteroatoms. The van der Waals surface area contributed by atoms with Crippen LogP contribution in [0.15, 0.2) is 188 Å². The second-order valence-electron chi connectivity index (χ2n) is 21.2. The molecule has 1 fully saturated rings. The molecule has 11 aromatic rings. The van der Waals surface area contributed by atoms with Crippen LogP contribution in [0, 0.1) is 0 Å². The zero-order valence-electron chi connectivity index (χ0n) is 39.5. The minimum atomic E-state index is -2.59. The third-order valence-corrected chi connectivity index (χ3v) is 24.8. The van der Waals surface area contributed by atoms with Crippen molar-refractivity contribution in [2.45, 2.75) is 57.0 Å². The number of benzene rings is 9. The highest BCUT2D eigenvalue weighted by Crippen LogP contribution is 2.62. The monoisotopic (exact) mass is 949 g/mol. The molecule has 70 heavy (non-hydrogen) atoms. The van der Waals surface area contributed by atoms with E-state index in [0.717, 1.165) is 6.42 Å². The van der Waals surface area contributed by atoms with Crippen molar-refractivity contribution in [3.8, 4) is 0 Å². The molecule has 4 aliphatic heterocycles. The summed E-state index contributed by atoms with van der Waals surface area (Å²) in [6.45, 7) is 7.84. The predicted molar refractivity (Wildman–Crippen MR) is 306 cm³/mol. The van der Waals surface area contributed by atoms with Crippen molar-refractivity contribution < 1.29 is 0 Å². The normalized spacial score (nSPS) is 20.1. The highest BCUT2D eigenvalue weighted by molar-refractivity contribution is 7.26. The summed E-state index contributed by atoms with van der Waals surface area (Å²) in [4.78, 5) is 8.19. The van der Waals surface area contributed by atoms with Gasteiger partial charge in [-0.25, -0.2) is 0 Å². The molecule has 1 aliphatic carbocycles. The number of hydrogen-bond donors (Lipinski definition) is 0. The van der Waals surface area contributed by atoms with Crippen molar-refractivity contribution in [3.05, 3.63) is 194 Å². The highest BCUT2D eigenvalue weighted by Gasteiger charge is 2.59. The summed E-state index contributed by atoms with van der Waals surface area (Å²) < 4.78 is 5.32. The van der Waals surface area contributed by atoms with Crippen molar-refractivity contribution in [2.75, 3.05) is 14.7 Å². The van der Waals surface area contributed by atoms with Gasteiger partial charge in [0.05, 0.1) is 5.54 Å². The number of rotatable bonds is 4. The summed E-state index contributed by atoms with van der Waals surface area (Å²) >= 11 is 3.83. The molecule has 3 nitrogen and oxygen atoms in total. The maximum atomic E-state index is 2.80. The van der Waals surface area contributed by atoms with Crippen LogP contribution in [0.4, 0.5) is 45.5 Å². The predicted octanol–water partition coefficient (Wildman–Crippen LogP) is 13.7. The summed E-state index contributed by atoms with van der Waals surface area (Å²) in [5, 5.41) is 9.83. The molecule has 2 unspecified atom stereocenters. The van der Waals surface area contributed by atoms with E-state index in [1.54, 1.807) is 0 Å². The molecule has 334 valence electrons. The van der Waals surface area contributed by atoms with E-state index < -0.39 is 8.07 Å². The summed E-state index contributed by atoms with van der Waals surface area (Å²) in [6.07, 6.45) is 4.83. The van der Waals surface area contributed by atoms with Crippen molar-refractivity contribution in [3.63, 3.8) is 0 Å². The van der Waals surface area contributed by atoms with Crippen LogP contribution < -0.4 is 46.6 Å². The van der Waals surface area contributed by atoms with Crippen molar-refractivity contribution >= 4 is 155 Å². The summed E-state index contributed by atoms with van der Waals surface area (Å²) in [5.41, 5.74) is 16.0. The van der Waals surface area contributed by atoms with Gasteiger partial charge in [-0.15, -0.1) is 22.7 Å². The number of thiophene rings is 2. The lowest BCUT2D eigenvalue weighted by atomic mass is 9.33. The first-order chi connectivity index (χ1) is 34.3. The molecule has 5 aliphatic rings. The van der Waals surface area contributed by atoms with Gasteiger partial charge in [0.25, 0.3) is 6.71 Å². The molecule has 0 radical (unpaired) electrons. The van der Waals surface area contributed by atoms with E-state index in [-0.39, 0.29) is 17.7 Å². The van der Waals surface area contributed by atoms with Gasteiger partial charge in [-0.3, -0.25) is 0 Å². The quantitative estimate of drug-likeness (QED) is 0.163. The van der Waals surface area contributed by atoms with Gasteiger partial charge >= 0.3 is 0 Å². The Balaban J connectivity index is 1.05. The van der Waals surface area contributed by atoms with Gasteiger partial charge in [0.2, 0.25) is 0 Å². The number of para-hydroxylation sites is 1. The minimum Gasteiger partial charge on any atom is -0.334 e. The molecule has 0 N–H and O–H groups in total. The zero-order valence-corrected chi connectivity index (χ0v) is 42.1. The highest BCUT2D eigenvalue weighted by atomic mass is 32.1. The molecular weight excluding hydrogens is 902 g/mol. The molecular formula is C63H48BN3S2Si. The van der Waals surface area contributed by atoms with E-state index in [4.69, 9.17) is 0 Å². The van der Waals surface area contributed by atoms with Gasteiger partial charge in [0.1, 0.15) is 8.07 Å². The molecule has 0 amide bonds. The first kappa shape index (κ1) is 39.9. The SMILES string of the molecule is CC12CCCCC1(C)N(c1cc3c4c(c1)N(c1ccc5c(c1)sc1ccccc15)c1cccc5c1B4c1c(cccc1[Si]5(C)c1ccccc1)N3c1ccc3c(c1)sc1ccccc13)c1ccccc12. The van der Waals surface area contributed by atoms with Crippen molar-refractivity contribution in [2.24, 2.45) is 0 Å². The Bertz CT molecular complexity index is 3890. The smallest absolute Gasteiger partial charge is 0.251 e. The largest absolute Gasteiger partial charge is 0.334 e. The number of nitrogens with zero attached hydrogens (tertiary/aromatic N) is 3. The lowest BCUT2D eigenvalue weighted by Gasteiger charge is -2.52. The molecule has 16 rings (SSSR count). The number of fused-ring (bicyclic) bond motifs is 9. The Labute approximate surface area is 418 Å². The van der Waals surface area contributed by atoms with Crippen LogP contribution in [0.25, 0.3) is 40.3 Å². The summed E-state index contributed by atoms with van der Waals surface area (Å²) in [5.74, 6) is 0. The van der Waals surface area contributed by atoms with Crippen LogP contribution in [0.2, 0.25) is 6.55 Å². The second-order valence-corrected chi connectivity index (χ2v) is 27.3. The zero-order chi connectivity index (χ0) is 46.3. The Morgan fingerprint density at radius 1 is 0.443 bits per heavy atom. The van der Waals surface area contributed by atoms with Crippen LogP contribution in [0.1, 0.15) is 45.1 Å². The molecule has 0 spiro atoms. The van der Waals surface area contributed by atoms with E-state index >= 15 is 0 Å². The van der Waals surface area contributed by atoms with Gasteiger partial charge in [-0.2, -0.15) is 0 Å². The van der Waals surface area contributed by atoms with Gasteiger partial charge < -0.3 is 14.7 Å². The second kappa shape index (κ2) is 13.9. The Kier molecular flexibility index (Phi) is 7.93. The van der Waals surface area contributed by atoms with Gasteiger partial charge in [0, 0.05) is 91.3 Å². The standard InChI is InChI=1S/C63H48BN3S2Si/c1-62-33-13-14-34-63(62,2)67(48-22-10-9-21-47(48)62)41-35-51-59-52(36-41)66(40-30-32-46-44-20-8-12-26-54(44)69-56(46)38-40)50-24-16-28-58-61(50)64(59)60-49(23-15-27-57(60)70(58,3)42-17-5-4-6-18-42)65(51)39-29-31-45-43-19-7-11-25-53(43)68-55(45)37-39/h4-12,15-32,35-38H,13-14,33-34H2,1-3H3. The van der Waals surface area contributed by atoms with E-state index in [2.05, 4.69) is 223 Å². The van der Waals surface area contributed by atoms with Gasteiger partial charge in [-0.1, -0.05) is 158 Å². The van der Waals surface area contributed by atoms with E-state index in [1.807, 2.05) is 22.7 Å². The van der Waals surface area contributed by atoms with Crippen molar-refractivity contribution in [1.82, 2.24) is 0 Å². The summed E-state index contributed by atoms with van der Waals surface area (Å²) in [7, 11) is -2.59. The molecule has 0 saturated heterocycles. The fourth-order valence-corrected chi connectivity index (χ4v) is 21.2. The van der Waals surface area contributed by atoms with E-state index in [9.17, 15) is 0 Å². The Morgan fingerprint density at radius 3 is 1.57 bits per heavy atom. The van der Waals surface area contributed by atoms with E-state index in [1.165, 1.54) is 143 Å². The van der Waals surface area contributed by atoms with Crippen LogP contribution in [0.3, 0.4) is 0 Å². The topological polar surface area (TPSA) is 9.72 Å². The third-order valence-electron chi connectivity index (χ3n) is 18.1. The lowest BCUT2D eigenvalue weighted by molar-refractivity contribution is 0.195. The van der Waals surface area contributed by atoms with E-state index in [0.29, 0.717) is 0 Å². The Hall–Kier alpha value is -6.90. The fourth-order valence-electron chi connectivity index (χ4n) is 14.7. The fraction of sp³-hybridized carbons (Fsp3) is 0.143. The summed E-state index contributed by atoms with van der Waals surface area (Å²) in [6, 6.07) is 73.3. The number of anilines is 8. The first-order valence-electron chi connectivity index (χ1n) is 25.2. The van der Waals surface area contributed by atoms with Crippen LogP contribution in [0.5, 0.6) is 0 Å². The van der Waals surface area contributed by atoms with Crippen LogP contribution in [-0.2, 0) is 5.41 Å². The average Bonchev–Trinajstić information content (AvgIpc) is 4.03. The average molecular weight is 950 g/mol. The maximum Gasteiger partial charge on any atom is 0.251 e. The van der Waals surface area contributed by atoms with Crippen LogP contribution >= 0.6 is 22.7 Å². The lowest BCUT2D eigenvalue weighted by Crippen LogP contribution is -2.83. The maximum absolute atomic E-state index is 2.80.